The van der Waals surface area contributed by atoms with Gasteiger partial charge in [0.15, 0.2) is 11.6 Å². The lowest BCUT2D eigenvalue weighted by molar-refractivity contribution is 0.274. The van der Waals surface area contributed by atoms with Crippen molar-refractivity contribution >= 4 is 16.7 Å². The van der Waals surface area contributed by atoms with Crippen LogP contribution in [0.5, 0.6) is 0 Å². The molecule has 0 spiro atoms. The first-order chi connectivity index (χ1) is 11.6. The molecule has 0 amide bonds. The lowest BCUT2D eigenvalue weighted by atomic mass is 10.0. The van der Waals surface area contributed by atoms with Crippen molar-refractivity contribution in [1.82, 2.24) is 9.97 Å². The largest absolute Gasteiger partial charge is 0.396 e. The number of aliphatic hydroxyl groups excluding tert-OH is 1. The maximum absolute atomic E-state index is 13.7. The van der Waals surface area contributed by atoms with E-state index in [1.165, 1.54) is 6.33 Å². The van der Waals surface area contributed by atoms with E-state index in [9.17, 15) is 13.9 Å². The topological polar surface area (TPSA) is 49.2 Å². The number of hydrogen-bond acceptors (Lipinski definition) is 4. The molecule has 6 heteroatoms. The van der Waals surface area contributed by atoms with Crippen LogP contribution >= 0.6 is 0 Å². The number of aromatic nitrogens is 2. The van der Waals surface area contributed by atoms with Crippen molar-refractivity contribution in [2.75, 3.05) is 18.6 Å². The quantitative estimate of drug-likeness (QED) is 0.779. The predicted octanol–water partition coefficient (Wildman–Crippen LogP) is 3.47. The maximum atomic E-state index is 13.7. The standard InChI is InChI=1S/C18H17F2N3O/c1-23(17(7-8-24)12-5-3-2-4-6-12)18-13-9-14(19)15(20)10-16(13)21-11-22-18/h2-6,9-11,17,24H,7-8H2,1H3/t17-/m0/s1. The third kappa shape index (κ3) is 3.05. The van der Waals surface area contributed by atoms with Crippen LogP contribution in [0, 0.1) is 11.6 Å². The van der Waals surface area contributed by atoms with E-state index in [1.54, 1.807) is 0 Å². The number of fused-ring (bicyclic) bond motifs is 1. The summed E-state index contributed by atoms with van der Waals surface area (Å²) in [5, 5.41) is 9.85. The minimum atomic E-state index is -0.940. The number of halogens is 2. The summed E-state index contributed by atoms with van der Waals surface area (Å²) < 4.78 is 27.1. The van der Waals surface area contributed by atoms with Gasteiger partial charge in [-0.1, -0.05) is 30.3 Å². The van der Waals surface area contributed by atoms with Gasteiger partial charge in [-0.05, 0) is 18.1 Å². The third-order valence-electron chi connectivity index (χ3n) is 4.04. The highest BCUT2D eigenvalue weighted by molar-refractivity contribution is 5.89. The summed E-state index contributed by atoms with van der Waals surface area (Å²) >= 11 is 0. The van der Waals surface area contributed by atoms with Gasteiger partial charge in [-0.2, -0.15) is 0 Å². The number of aliphatic hydroxyl groups is 1. The van der Waals surface area contributed by atoms with Gasteiger partial charge >= 0.3 is 0 Å². The molecule has 24 heavy (non-hydrogen) atoms. The molecule has 2 aromatic carbocycles. The van der Waals surface area contributed by atoms with Gasteiger partial charge in [-0.15, -0.1) is 0 Å². The Morgan fingerprint density at radius 3 is 2.50 bits per heavy atom. The highest BCUT2D eigenvalue weighted by atomic mass is 19.2. The van der Waals surface area contributed by atoms with Crippen LogP contribution in [-0.2, 0) is 0 Å². The van der Waals surface area contributed by atoms with Gasteiger partial charge in [0.1, 0.15) is 12.1 Å². The molecule has 0 bridgehead atoms. The number of rotatable bonds is 5. The third-order valence-corrected chi connectivity index (χ3v) is 4.04. The fourth-order valence-electron chi connectivity index (χ4n) is 2.85. The summed E-state index contributed by atoms with van der Waals surface area (Å²) in [6.07, 6.45) is 1.81. The molecular formula is C18H17F2N3O. The van der Waals surface area contributed by atoms with Crippen molar-refractivity contribution in [2.45, 2.75) is 12.5 Å². The van der Waals surface area contributed by atoms with E-state index < -0.39 is 11.6 Å². The number of nitrogens with zero attached hydrogens (tertiary/aromatic N) is 3. The molecule has 3 aromatic rings. The van der Waals surface area contributed by atoms with Crippen LogP contribution in [0.2, 0.25) is 0 Å². The van der Waals surface area contributed by atoms with Gasteiger partial charge < -0.3 is 10.0 Å². The zero-order valence-electron chi connectivity index (χ0n) is 13.2. The fourth-order valence-corrected chi connectivity index (χ4v) is 2.85. The summed E-state index contributed by atoms with van der Waals surface area (Å²) in [5.74, 6) is -1.39. The predicted molar refractivity (Wildman–Crippen MR) is 88.7 cm³/mol. The Bertz CT molecular complexity index is 842. The van der Waals surface area contributed by atoms with E-state index in [0.29, 0.717) is 23.1 Å². The van der Waals surface area contributed by atoms with Gasteiger partial charge in [0.25, 0.3) is 0 Å². The second-order valence-corrected chi connectivity index (χ2v) is 5.53. The normalized spacial score (nSPS) is 12.3. The Morgan fingerprint density at radius 2 is 1.79 bits per heavy atom. The average Bonchev–Trinajstić information content (AvgIpc) is 2.60. The molecule has 0 aliphatic rings. The van der Waals surface area contributed by atoms with E-state index in [1.807, 2.05) is 42.3 Å². The van der Waals surface area contributed by atoms with Crippen molar-refractivity contribution in [3.8, 4) is 0 Å². The van der Waals surface area contributed by atoms with E-state index in [-0.39, 0.29) is 12.6 Å². The van der Waals surface area contributed by atoms with Crippen molar-refractivity contribution < 1.29 is 13.9 Å². The van der Waals surface area contributed by atoms with Gasteiger partial charge in [-0.3, -0.25) is 0 Å². The Kier molecular flexibility index (Phi) is 4.66. The molecule has 4 nitrogen and oxygen atoms in total. The Labute approximate surface area is 138 Å². The highest BCUT2D eigenvalue weighted by Gasteiger charge is 2.21. The number of benzene rings is 2. The molecule has 1 heterocycles. The van der Waals surface area contributed by atoms with Gasteiger partial charge in [0.05, 0.1) is 11.6 Å². The summed E-state index contributed by atoms with van der Waals surface area (Å²) in [4.78, 5) is 10.1. The first-order valence-corrected chi connectivity index (χ1v) is 7.60. The monoisotopic (exact) mass is 329 g/mol. The summed E-state index contributed by atoms with van der Waals surface area (Å²) in [6.45, 7) is -0.00406. The first-order valence-electron chi connectivity index (χ1n) is 7.60. The van der Waals surface area contributed by atoms with Crippen LogP contribution in [0.1, 0.15) is 18.0 Å². The van der Waals surface area contributed by atoms with E-state index >= 15 is 0 Å². The summed E-state index contributed by atoms with van der Waals surface area (Å²) in [7, 11) is 1.82. The molecule has 0 aliphatic heterocycles. The van der Waals surface area contributed by atoms with Crippen LogP contribution in [0.3, 0.4) is 0 Å². The molecule has 1 aromatic heterocycles. The molecule has 0 radical (unpaired) electrons. The van der Waals surface area contributed by atoms with Crippen molar-refractivity contribution in [1.29, 1.82) is 0 Å². The molecule has 0 fully saturated rings. The van der Waals surface area contributed by atoms with E-state index in [4.69, 9.17) is 0 Å². The van der Waals surface area contributed by atoms with Crippen molar-refractivity contribution in [3.05, 3.63) is 66.0 Å². The van der Waals surface area contributed by atoms with Gasteiger partial charge in [-0.25, -0.2) is 18.7 Å². The molecule has 0 saturated carbocycles. The number of anilines is 1. The number of hydrogen-bond donors (Lipinski definition) is 1. The van der Waals surface area contributed by atoms with E-state index in [0.717, 1.165) is 17.7 Å². The SMILES string of the molecule is CN(c1ncnc2cc(F)c(F)cc12)[C@@H](CCO)c1ccccc1. The Hall–Kier alpha value is -2.60. The molecule has 0 unspecified atom stereocenters. The highest BCUT2D eigenvalue weighted by Crippen LogP contribution is 2.31. The Morgan fingerprint density at radius 1 is 1.08 bits per heavy atom. The first kappa shape index (κ1) is 16.3. The van der Waals surface area contributed by atoms with Gasteiger partial charge in [0, 0.05) is 25.1 Å². The van der Waals surface area contributed by atoms with Crippen LogP contribution in [0.4, 0.5) is 14.6 Å². The summed E-state index contributed by atoms with van der Waals surface area (Å²) in [5.41, 5.74) is 1.34. The molecule has 1 atom stereocenters. The van der Waals surface area contributed by atoms with Crippen LogP contribution in [-0.4, -0.2) is 28.7 Å². The fraction of sp³-hybridized carbons (Fsp3) is 0.222. The molecule has 0 saturated heterocycles. The van der Waals surface area contributed by atoms with Crippen LogP contribution < -0.4 is 4.90 Å². The lowest BCUT2D eigenvalue weighted by Crippen LogP contribution is -2.26. The molecule has 124 valence electrons. The van der Waals surface area contributed by atoms with Gasteiger partial charge in [0.2, 0.25) is 0 Å². The van der Waals surface area contributed by atoms with E-state index in [2.05, 4.69) is 9.97 Å². The maximum Gasteiger partial charge on any atom is 0.161 e. The Balaban J connectivity index is 2.09. The second-order valence-electron chi connectivity index (χ2n) is 5.53. The summed E-state index contributed by atoms with van der Waals surface area (Å²) in [6, 6.07) is 11.7. The molecule has 0 aliphatic carbocycles. The zero-order chi connectivity index (χ0) is 17.1. The van der Waals surface area contributed by atoms with Crippen LogP contribution in [0.25, 0.3) is 10.9 Å². The lowest BCUT2D eigenvalue weighted by Gasteiger charge is -2.30. The minimum absolute atomic E-state index is 0.00406. The smallest absolute Gasteiger partial charge is 0.161 e. The zero-order valence-corrected chi connectivity index (χ0v) is 13.2. The average molecular weight is 329 g/mol. The van der Waals surface area contributed by atoms with Crippen LogP contribution in [0.15, 0.2) is 48.8 Å². The molecule has 3 rings (SSSR count). The minimum Gasteiger partial charge on any atom is -0.396 e. The molecular weight excluding hydrogens is 312 g/mol. The van der Waals surface area contributed by atoms with Crippen molar-refractivity contribution in [3.63, 3.8) is 0 Å². The van der Waals surface area contributed by atoms with Crippen molar-refractivity contribution in [2.24, 2.45) is 0 Å². The molecule has 1 N–H and O–H groups in total. The second kappa shape index (κ2) is 6.88.